The van der Waals surface area contributed by atoms with E-state index in [9.17, 15) is 22.0 Å². The Morgan fingerprint density at radius 2 is 1.94 bits per heavy atom. The third kappa shape index (κ3) is 3.42. The Labute approximate surface area is 103 Å². The van der Waals surface area contributed by atoms with Gasteiger partial charge in [-0.05, 0) is 5.56 Å². The molecule has 1 rings (SSSR count). The van der Waals surface area contributed by atoms with E-state index < -0.39 is 42.3 Å². The largest absolute Gasteiger partial charge is 0.574 e. The molecule has 102 valence electrons. The summed E-state index contributed by atoms with van der Waals surface area (Å²) >= 11 is 5.39. The van der Waals surface area contributed by atoms with E-state index in [1.165, 1.54) is 0 Å². The number of nitrogens with zero attached hydrogens (tertiary/aromatic N) is 1. The normalized spacial score (nSPS) is 12.0. The van der Waals surface area contributed by atoms with Crippen LogP contribution in [0.5, 0.6) is 5.88 Å². The van der Waals surface area contributed by atoms with Gasteiger partial charge in [0.1, 0.15) is 0 Å². The van der Waals surface area contributed by atoms with Gasteiger partial charge in [0.05, 0.1) is 6.61 Å². The highest BCUT2D eigenvalue weighted by molar-refractivity contribution is 6.17. The van der Waals surface area contributed by atoms with Crippen LogP contribution in [0.2, 0.25) is 0 Å². The molecule has 0 fully saturated rings. The summed E-state index contributed by atoms with van der Waals surface area (Å²) in [5.41, 5.74) is -1.45. The Morgan fingerprint density at radius 1 is 1.33 bits per heavy atom. The molecule has 0 saturated heterocycles. The van der Waals surface area contributed by atoms with Crippen molar-refractivity contribution in [2.45, 2.75) is 25.3 Å². The van der Waals surface area contributed by atoms with E-state index in [1.807, 2.05) is 0 Å². The number of rotatable bonds is 4. The van der Waals surface area contributed by atoms with Crippen LogP contribution in [0.4, 0.5) is 22.0 Å². The zero-order chi connectivity index (χ0) is 13.9. The van der Waals surface area contributed by atoms with Crippen molar-refractivity contribution in [2.75, 3.05) is 0 Å². The van der Waals surface area contributed by atoms with Crippen LogP contribution < -0.4 is 4.74 Å². The molecule has 0 spiro atoms. The van der Waals surface area contributed by atoms with Gasteiger partial charge in [-0.25, -0.2) is 13.8 Å². The highest BCUT2D eigenvalue weighted by atomic mass is 35.5. The Morgan fingerprint density at radius 3 is 2.33 bits per heavy atom. The first-order valence-electron chi connectivity index (χ1n) is 4.51. The fourth-order valence-electron chi connectivity index (χ4n) is 1.29. The molecule has 1 heterocycles. The molecule has 0 amide bonds. The topological polar surface area (TPSA) is 42.4 Å². The fraction of sp³-hybridized carbons (Fsp3) is 0.444. The zero-order valence-corrected chi connectivity index (χ0v) is 9.40. The lowest BCUT2D eigenvalue weighted by Gasteiger charge is -2.15. The van der Waals surface area contributed by atoms with E-state index >= 15 is 0 Å². The van der Waals surface area contributed by atoms with Gasteiger partial charge in [-0.2, -0.15) is 0 Å². The predicted molar refractivity (Wildman–Crippen MR) is 51.4 cm³/mol. The predicted octanol–water partition coefficient (Wildman–Crippen LogP) is 3.15. The fourth-order valence-corrected chi connectivity index (χ4v) is 1.61. The summed E-state index contributed by atoms with van der Waals surface area (Å²) in [5, 5.41) is 8.94. The Balaban J connectivity index is 3.30. The lowest BCUT2D eigenvalue weighted by atomic mass is 10.1. The molecule has 0 atom stereocenters. The number of aliphatic hydroxyl groups excluding tert-OH is 1. The molecule has 1 aromatic heterocycles. The van der Waals surface area contributed by atoms with E-state index in [0.717, 1.165) is 0 Å². The minimum absolute atomic E-state index is 0.316. The van der Waals surface area contributed by atoms with Gasteiger partial charge < -0.3 is 9.84 Å². The van der Waals surface area contributed by atoms with Crippen LogP contribution in [0.25, 0.3) is 0 Å². The van der Waals surface area contributed by atoms with Gasteiger partial charge in [0, 0.05) is 23.2 Å². The molecule has 0 unspecified atom stereocenters. The van der Waals surface area contributed by atoms with Crippen molar-refractivity contribution in [3.63, 3.8) is 0 Å². The molecule has 1 aromatic rings. The standard InChI is InChI=1S/C9H7ClF5NO2/c10-1-4-5(7(11)12)2-16-8(6(4)3-17)18-9(13,14)15/h2,7,17H,1,3H2. The molecule has 3 nitrogen and oxygen atoms in total. The first-order chi connectivity index (χ1) is 8.30. The van der Waals surface area contributed by atoms with Crippen LogP contribution in [-0.4, -0.2) is 16.5 Å². The van der Waals surface area contributed by atoms with E-state index in [0.29, 0.717) is 6.20 Å². The maximum atomic E-state index is 12.6. The average molecular weight is 292 g/mol. The van der Waals surface area contributed by atoms with Gasteiger partial charge >= 0.3 is 6.36 Å². The van der Waals surface area contributed by atoms with Crippen LogP contribution >= 0.6 is 11.6 Å². The number of hydrogen-bond acceptors (Lipinski definition) is 3. The zero-order valence-electron chi connectivity index (χ0n) is 8.64. The van der Waals surface area contributed by atoms with E-state index in [-0.39, 0.29) is 5.56 Å². The second-order valence-electron chi connectivity index (χ2n) is 3.12. The Bertz CT molecular complexity index is 424. The third-order valence-electron chi connectivity index (χ3n) is 2.03. The van der Waals surface area contributed by atoms with E-state index in [1.54, 1.807) is 0 Å². The molecular formula is C9H7ClF5NO2. The Kier molecular flexibility index (Phi) is 4.69. The summed E-state index contributed by atoms with van der Waals surface area (Å²) in [6.45, 7) is -0.943. The van der Waals surface area contributed by atoms with E-state index in [4.69, 9.17) is 16.7 Å². The molecule has 18 heavy (non-hydrogen) atoms. The quantitative estimate of drug-likeness (QED) is 0.684. The second-order valence-corrected chi connectivity index (χ2v) is 3.38. The summed E-state index contributed by atoms with van der Waals surface area (Å²) < 4.78 is 64.7. The van der Waals surface area contributed by atoms with Gasteiger partial charge in [0.2, 0.25) is 5.88 Å². The molecule has 0 aliphatic carbocycles. The first-order valence-corrected chi connectivity index (χ1v) is 5.05. The SMILES string of the molecule is OCc1c(OC(F)(F)F)ncc(C(F)F)c1CCl. The van der Waals surface area contributed by atoms with Crippen molar-refractivity contribution < 1.29 is 31.8 Å². The maximum Gasteiger partial charge on any atom is 0.574 e. The van der Waals surface area contributed by atoms with Crippen molar-refractivity contribution in [1.82, 2.24) is 4.98 Å². The smallest absolute Gasteiger partial charge is 0.391 e. The van der Waals surface area contributed by atoms with Crippen LogP contribution in [0.3, 0.4) is 0 Å². The minimum atomic E-state index is -5.03. The highest BCUT2D eigenvalue weighted by Crippen LogP contribution is 2.33. The monoisotopic (exact) mass is 291 g/mol. The molecule has 0 bridgehead atoms. The number of pyridine rings is 1. The van der Waals surface area contributed by atoms with Gasteiger partial charge in [-0.1, -0.05) is 0 Å². The summed E-state index contributed by atoms with van der Waals surface area (Å²) in [6, 6.07) is 0. The van der Waals surface area contributed by atoms with Crippen LogP contribution in [-0.2, 0) is 12.5 Å². The molecule has 0 aromatic carbocycles. The van der Waals surface area contributed by atoms with Crippen molar-refractivity contribution in [2.24, 2.45) is 0 Å². The summed E-state index contributed by atoms with van der Waals surface area (Å²) in [5.74, 6) is -1.48. The lowest BCUT2D eigenvalue weighted by Crippen LogP contribution is -2.20. The number of hydrogen-bond donors (Lipinski definition) is 1. The van der Waals surface area contributed by atoms with Crippen molar-refractivity contribution >= 4 is 11.6 Å². The molecule has 0 saturated carbocycles. The number of ether oxygens (including phenoxy) is 1. The van der Waals surface area contributed by atoms with Crippen molar-refractivity contribution in [3.05, 3.63) is 22.9 Å². The second kappa shape index (κ2) is 5.66. The summed E-state index contributed by atoms with van der Waals surface area (Å²) in [7, 11) is 0. The molecule has 0 aliphatic heterocycles. The Hall–Kier alpha value is -1.15. The van der Waals surface area contributed by atoms with Gasteiger partial charge in [-0.15, -0.1) is 24.8 Å². The molecule has 9 heteroatoms. The number of alkyl halides is 6. The van der Waals surface area contributed by atoms with Gasteiger partial charge in [0.15, 0.2) is 0 Å². The van der Waals surface area contributed by atoms with E-state index in [2.05, 4.69) is 9.72 Å². The number of aliphatic hydroxyl groups is 1. The summed E-state index contributed by atoms with van der Waals surface area (Å²) in [6.07, 6.45) is -7.45. The van der Waals surface area contributed by atoms with Crippen LogP contribution in [0.1, 0.15) is 23.1 Å². The van der Waals surface area contributed by atoms with Crippen LogP contribution in [0.15, 0.2) is 6.20 Å². The average Bonchev–Trinajstić information content (AvgIpc) is 2.25. The van der Waals surface area contributed by atoms with Crippen LogP contribution in [0, 0.1) is 0 Å². The molecule has 1 N–H and O–H groups in total. The third-order valence-corrected chi connectivity index (χ3v) is 2.30. The van der Waals surface area contributed by atoms with Crippen molar-refractivity contribution in [1.29, 1.82) is 0 Å². The van der Waals surface area contributed by atoms with Gasteiger partial charge in [0.25, 0.3) is 6.43 Å². The number of halogens is 6. The number of aromatic nitrogens is 1. The molecule has 0 aliphatic rings. The highest BCUT2D eigenvalue weighted by Gasteiger charge is 2.34. The van der Waals surface area contributed by atoms with Crippen molar-refractivity contribution in [3.8, 4) is 5.88 Å². The first kappa shape index (κ1) is 14.9. The summed E-state index contributed by atoms with van der Waals surface area (Å²) in [4.78, 5) is 3.12. The molecule has 0 radical (unpaired) electrons. The lowest BCUT2D eigenvalue weighted by molar-refractivity contribution is -0.276. The minimum Gasteiger partial charge on any atom is -0.391 e. The van der Waals surface area contributed by atoms with Gasteiger partial charge in [-0.3, -0.25) is 0 Å². The maximum absolute atomic E-state index is 12.6. The molecular weight excluding hydrogens is 285 g/mol.